The minimum Gasteiger partial charge on any atom is -0.476 e. The molecule has 1 aliphatic rings. The minimum absolute atomic E-state index is 0.238. The number of carboxylic acid groups (broad SMARTS) is 1. The number of aromatic nitrogens is 2. The number of piperidine rings is 1. The lowest BCUT2D eigenvalue weighted by Crippen LogP contribution is -2.48. The molecule has 0 aliphatic carbocycles. The van der Waals surface area contributed by atoms with Crippen LogP contribution in [-0.2, 0) is 4.74 Å². The number of imidazole rings is 1. The maximum Gasteiger partial charge on any atom is 0.356 e. The molecule has 0 saturated carbocycles. The highest BCUT2D eigenvalue weighted by molar-refractivity contribution is 7.15. The van der Waals surface area contributed by atoms with Gasteiger partial charge in [0, 0.05) is 31.8 Å². The van der Waals surface area contributed by atoms with Gasteiger partial charge in [0.1, 0.15) is 0 Å². The van der Waals surface area contributed by atoms with Crippen LogP contribution in [0.3, 0.4) is 0 Å². The highest BCUT2D eigenvalue weighted by atomic mass is 32.1. The van der Waals surface area contributed by atoms with E-state index >= 15 is 0 Å². The van der Waals surface area contributed by atoms with E-state index in [4.69, 9.17) is 4.74 Å². The van der Waals surface area contributed by atoms with Crippen LogP contribution in [0.2, 0.25) is 0 Å². The maximum atomic E-state index is 11.6. The third kappa shape index (κ3) is 2.06. The number of aromatic carboxylic acids is 1. The first kappa shape index (κ1) is 13.4. The summed E-state index contributed by atoms with van der Waals surface area (Å²) in [5.41, 5.74) is -0.00738. The van der Waals surface area contributed by atoms with Crippen LogP contribution in [0, 0.1) is 0 Å². The number of ether oxygens (including phenoxy) is 1. The van der Waals surface area contributed by atoms with Gasteiger partial charge in [0.25, 0.3) is 0 Å². The Morgan fingerprint density at radius 1 is 1.60 bits per heavy atom. The number of fused-ring (bicyclic) bond motifs is 1. The summed E-state index contributed by atoms with van der Waals surface area (Å²) in [5, 5.41) is 11.3. The van der Waals surface area contributed by atoms with E-state index in [1.165, 1.54) is 11.3 Å². The first-order valence-corrected chi connectivity index (χ1v) is 7.41. The van der Waals surface area contributed by atoms with Gasteiger partial charge in [0.15, 0.2) is 16.5 Å². The molecule has 1 atom stereocenters. The number of hydrogen-bond acceptors (Lipinski definition) is 5. The Balaban J connectivity index is 2.03. The lowest BCUT2D eigenvalue weighted by Gasteiger charge is -2.39. The first-order chi connectivity index (χ1) is 9.54. The quantitative estimate of drug-likeness (QED) is 0.939. The summed E-state index contributed by atoms with van der Waals surface area (Å²) in [6.45, 7) is 3.52. The summed E-state index contributed by atoms with van der Waals surface area (Å²) in [5.74, 6) is -0.400. The molecular formula is C13H17N3O3S. The highest BCUT2D eigenvalue weighted by Crippen LogP contribution is 2.31. The predicted molar refractivity (Wildman–Crippen MR) is 76.9 cm³/mol. The van der Waals surface area contributed by atoms with Gasteiger partial charge in [-0.15, -0.1) is 11.3 Å². The highest BCUT2D eigenvalue weighted by Gasteiger charge is 2.34. The Hall–Kier alpha value is -1.60. The number of carbonyl (C=O) groups is 1. The number of anilines is 1. The van der Waals surface area contributed by atoms with Gasteiger partial charge in [0.2, 0.25) is 0 Å². The normalized spacial score (nSPS) is 23.4. The monoisotopic (exact) mass is 295 g/mol. The average Bonchev–Trinajstić information content (AvgIpc) is 2.98. The van der Waals surface area contributed by atoms with Crippen molar-refractivity contribution in [2.75, 3.05) is 25.1 Å². The molecule has 7 heteroatoms. The van der Waals surface area contributed by atoms with Gasteiger partial charge in [-0.3, -0.25) is 4.40 Å². The van der Waals surface area contributed by atoms with Crippen molar-refractivity contribution in [3.63, 3.8) is 0 Å². The second kappa shape index (κ2) is 4.75. The largest absolute Gasteiger partial charge is 0.476 e. The van der Waals surface area contributed by atoms with Crippen molar-refractivity contribution in [3.8, 4) is 0 Å². The van der Waals surface area contributed by atoms with E-state index in [1.807, 2.05) is 10.3 Å². The summed E-state index contributed by atoms with van der Waals surface area (Å²) in [6.07, 6.45) is 3.69. The van der Waals surface area contributed by atoms with Crippen molar-refractivity contribution in [1.82, 2.24) is 9.38 Å². The van der Waals surface area contributed by atoms with Gasteiger partial charge in [-0.2, -0.15) is 0 Å². The smallest absolute Gasteiger partial charge is 0.356 e. The average molecular weight is 295 g/mol. The van der Waals surface area contributed by atoms with E-state index in [0.29, 0.717) is 17.3 Å². The molecule has 0 spiro atoms. The van der Waals surface area contributed by atoms with Crippen LogP contribution in [0.15, 0.2) is 11.6 Å². The van der Waals surface area contributed by atoms with Crippen LogP contribution in [0.4, 0.5) is 5.82 Å². The fourth-order valence-electron chi connectivity index (χ4n) is 2.75. The Morgan fingerprint density at radius 2 is 2.40 bits per heavy atom. The molecule has 2 aromatic heterocycles. The molecule has 1 unspecified atom stereocenters. The van der Waals surface area contributed by atoms with E-state index in [-0.39, 0.29) is 11.3 Å². The summed E-state index contributed by atoms with van der Waals surface area (Å²) in [7, 11) is 1.70. The predicted octanol–water partition coefficient (Wildman–Crippen LogP) is 2.10. The first-order valence-electron chi connectivity index (χ1n) is 6.53. The molecule has 20 heavy (non-hydrogen) atoms. The third-order valence-corrected chi connectivity index (χ3v) is 4.65. The van der Waals surface area contributed by atoms with E-state index in [0.717, 1.165) is 19.4 Å². The van der Waals surface area contributed by atoms with Gasteiger partial charge in [0.05, 0.1) is 5.60 Å². The van der Waals surface area contributed by atoms with E-state index < -0.39 is 5.97 Å². The number of rotatable bonds is 3. The molecule has 3 heterocycles. The number of nitrogens with zero attached hydrogens (tertiary/aromatic N) is 3. The van der Waals surface area contributed by atoms with Crippen LogP contribution in [0.5, 0.6) is 0 Å². The van der Waals surface area contributed by atoms with Crippen LogP contribution < -0.4 is 4.90 Å². The molecule has 3 rings (SSSR count). The molecule has 0 aromatic carbocycles. The van der Waals surface area contributed by atoms with Gasteiger partial charge < -0.3 is 14.7 Å². The fourth-order valence-corrected chi connectivity index (χ4v) is 3.46. The molecule has 0 amide bonds. The fraction of sp³-hybridized carbons (Fsp3) is 0.538. The van der Waals surface area contributed by atoms with E-state index in [2.05, 4.69) is 11.9 Å². The molecule has 108 valence electrons. The molecular weight excluding hydrogens is 278 g/mol. The van der Waals surface area contributed by atoms with Crippen molar-refractivity contribution < 1.29 is 14.6 Å². The molecule has 1 saturated heterocycles. The second-order valence-corrected chi connectivity index (χ2v) is 6.20. The van der Waals surface area contributed by atoms with Crippen molar-refractivity contribution >= 4 is 28.1 Å². The van der Waals surface area contributed by atoms with Gasteiger partial charge in [-0.25, -0.2) is 9.78 Å². The lowest BCUT2D eigenvalue weighted by atomic mass is 9.95. The van der Waals surface area contributed by atoms with Crippen molar-refractivity contribution in [1.29, 1.82) is 0 Å². The van der Waals surface area contributed by atoms with Gasteiger partial charge in [-0.05, 0) is 19.8 Å². The van der Waals surface area contributed by atoms with Gasteiger partial charge >= 0.3 is 5.97 Å². The van der Waals surface area contributed by atoms with Crippen molar-refractivity contribution in [3.05, 3.63) is 17.3 Å². The van der Waals surface area contributed by atoms with Crippen LogP contribution in [0.25, 0.3) is 4.96 Å². The zero-order valence-electron chi connectivity index (χ0n) is 11.5. The maximum absolute atomic E-state index is 11.6. The molecule has 2 aromatic rings. The SMILES string of the molecule is COC1(C)CCCN(c2nc3sccn3c2C(=O)O)C1. The number of thiazole rings is 1. The van der Waals surface area contributed by atoms with Crippen molar-refractivity contribution in [2.45, 2.75) is 25.4 Å². The summed E-state index contributed by atoms with van der Waals surface area (Å²) < 4.78 is 7.21. The Morgan fingerprint density at radius 3 is 3.10 bits per heavy atom. The Labute approximate surface area is 120 Å². The zero-order valence-corrected chi connectivity index (χ0v) is 12.3. The third-order valence-electron chi connectivity index (χ3n) is 3.90. The van der Waals surface area contributed by atoms with Crippen LogP contribution in [-0.4, -0.2) is 46.3 Å². The number of hydrogen-bond donors (Lipinski definition) is 1. The molecule has 0 bridgehead atoms. The topological polar surface area (TPSA) is 67.1 Å². The molecule has 6 nitrogen and oxygen atoms in total. The Kier molecular flexibility index (Phi) is 3.18. The lowest BCUT2D eigenvalue weighted by molar-refractivity contribution is -0.00487. The molecule has 1 N–H and O–H groups in total. The summed E-state index contributed by atoms with van der Waals surface area (Å²) in [4.78, 5) is 18.8. The summed E-state index contributed by atoms with van der Waals surface area (Å²) in [6, 6.07) is 0. The molecule has 0 radical (unpaired) electrons. The van der Waals surface area contributed by atoms with Gasteiger partial charge in [-0.1, -0.05) is 0 Å². The standard InChI is InChI=1S/C13H17N3O3S/c1-13(19-2)4-3-5-15(8-13)10-9(11(17)18)16-6-7-20-12(16)14-10/h6-7H,3-5,8H2,1-2H3,(H,17,18). The molecule has 1 fully saturated rings. The minimum atomic E-state index is -0.949. The summed E-state index contributed by atoms with van der Waals surface area (Å²) >= 11 is 1.44. The zero-order chi connectivity index (χ0) is 14.3. The van der Waals surface area contributed by atoms with E-state index in [1.54, 1.807) is 17.7 Å². The van der Waals surface area contributed by atoms with Crippen molar-refractivity contribution in [2.24, 2.45) is 0 Å². The number of methoxy groups -OCH3 is 1. The second-order valence-electron chi connectivity index (χ2n) is 5.32. The van der Waals surface area contributed by atoms with Crippen LogP contribution >= 0.6 is 11.3 Å². The van der Waals surface area contributed by atoms with Crippen LogP contribution in [0.1, 0.15) is 30.3 Å². The number of carboxylic acids is 1. The van der Waals surface area contributed by atoms with E-state index in [9.17, 15) is 9.90 Å². The molecule has 1 aliphatic heterocycles. The Bertz CT molecular complexity index is 650.